The molecule has 0 amide bonds. The molecular formula is C14H21NO2S. The summed E-state index contributed by atoms with van der Waals surface area (Å²) in [6, 6.07) is 6.36. The van der Waals surface area contributed by atoms with Crippen molar-refractivity contribution < 1.29 is 8.42 Å². The smallest absolute Gasteiger partial charge is 0.154 e. The van der Waals surface area contributed by atoms with E-state index in [9.17, 15) is 8.42 Å². The molecule has 1 unspecified atom stereocenters. The van der Waals surface area contributed by atoms with E-state index in [-0.39, 0.29) is 5.25 Å². The second kappa shape index (κ2) is 5.41. The average molecular weight is 267 g/mol. The summed E-state index contributed by atoms with van der Waals surface area (Å²) in [4.78, 5) is 0. The number of hydrogen-bond acceptors (Lipinski definition) is 3. The maximum Gasteiger partial charge on any atom is 0.154 e. The molecule has 0 bridgehead atoms. The van der Waals surface area contributed by atoms with Crippen LogP contribution in [0.3, 0.4) is 0 Å². The number of aryl methyl sites for hydroxylation is 2. The largest absolute Gasteiger partial charge is 0.311 e. The van der Waals surface area contributed by atoms with E-state index >= 15 is 0 Å². The summed E-state index contributed by atoms with van der Waals surface area (Å²) in [5.74, 6) is 0.364. The average Bonchev–Trinajstić information content (AvgIpc) is 2.61. The van der Waals surface area contributed by atoms with Crippen molar-refractivity contribution in [3.63, 3.8) is 0 Å². The van der Waals surface area contributed by atoms with E-state index in [1.165, 1.54) is 16.7 Å². The van der Waals surface area contributed by atoms with E-state index in [2.05, 4.69) is 37.4 Å². The predicted octanol–water partition coefficient (Wildman–Crippen LogP) is 1.97. The molecule has 100 valence electrons. The summed E-state index contributed by atoms with van der Waals surface area (Å²) in [5, 5.41) is 3.10. The lowest BCUT2D eigenvalue weighted by molar-refractivity contribution is 0.573. The normalized spacial score (nSPS) is 22.2. The topological polar surface area (TPSA) is 46.2 Å². The van der Waals surface area contributed by atoms with Crippen LogP contribution >= 0.6 is 0 Å². The maximum absolute atomic E-state index is 11.7. The molecular weight excluding hydrogens is 246 g/mol. The van der Waals surface area contributed by atoms with E-state index in [4.69, 9.17) is 0 Å². The molecule has 1 aromatic rings. The zero-order valence-corrected chi connectivity index (χ0v) is 11.9. The van der Waals surface area contributed by atoms with Gasteiger partial charge in [-0.1, -0.05) is 23.8 Å². The van der Waals surface area contributed by atoms with Crippen molar-refractivity contribution in [1.82, 2.24) is 5.32 Å². The molecule has 1 aliphatic rings. The molecule has 0 spiro atoms. The van der Waals surface area contributed by atoms with Crippen molar-refractivity contribution in [2.24, 2.45) is 0 Å². The third-order valence-corrected chi connectivity index (χ3v) is 5.92. The molecule has 0 aliphatic carbocycles. The Balaban J connectivity index is 1.89. The van der Waals surface area contributed by atoms with Crippen molar-refractivity contribution in [3.8, 4) is 0 Å². The van der Waals surface area contributed by atoms with Crippen LogP contribution in [-0.2, 0) is 16.4 Å². The fourth-order valence-electron chi connectivity index (χ4n) is 2.50. The molecule has 1 atom stereocenters. The van der Waals surface area contributed by atoms with Crippen molar-refractivity contribution >= 4 is 9.84 Å². The van der Waals surface area contributed by atoms with Gasteiger partial charge in [0, 0.05) is 13.1 Å². The van der Waals surface area contributed by atoms with Gasteiger partial charge in [0.2, 0.25) is 0 Å². The minimum atomic E-state index is -2.82. The molecule has 1 heterocycles. The summed E-state index contributed by atoms with van der Waals surface area (Å²) in [6.45, 7) is 5.50. The third kappa shape index (κ3) is 3.12. The molecule has 18 heavy (non-hydrogen) atoms. The Morgan fingerprint density at radius 1 is 1.33 bits per heavy atom. The molecule has 2 rings (SSSR count). The quantitative estimate of drug-likeness (QED) is 0.907. The van der Waals surface area contributed by atoms with Gasteiger partial charge in [0.1, 0.15) is 0 Å². The summed E-state index contributed by atoms with van der Waals surface area (Å²) >= 11 is 0. The van der Waals surface area contributed by atoms with Crippen LogP contribution in [0.1, 0.15) is 29.5 Å². The fourth-order valence-corrected chi connectivity index (χ4v) is 4.30. The Morgan fingerprint density at radius 2 is 2.11 bits per heavy atom. The minimum absolute atomic E-state index is 0.178. The van der Waals surface area contributed by atoms with Crippen LogP contribution in [0.2, 0.25) is 0 Å². The van der Waals surface area contributed by atoms with Crippen LogP contribution in [0.4, 0.5) is 0 Å². The van der Waals surface area contributed by atoms with Gasteiger partial charge in [0.15, 0.2) is 9.84 Å². The first-order valence-corrected chi connectivity index (χ1v) is 8.19. The maximum atomic E-state index is 11.7. The standard InChI is InChI=1S/C14H21NO2S/c1-11-5-6-13(12(2)8-11)9-15-10-14-4-3-7-18(14,16)17/h5-6,8,14-15H,3-4,7,9-10H2,1-2H3. The minimum Gasteiger partial charge on any atom is -0.311 e. The highest BCUT2D eigenvalue weighted by atomic mass is 32.2. The zero-order valence-electron chi connectivity index (χ0n) is 11.1. The lowest BCUT2D eigenvalue weighted by Crippen LogP contribution is -2.30. The van der Waals surface area contributed by atoms with Crippen LogP contribution in [0, 0.1) is 13.8 Å². The molecule has 1 aromatic carbocycles. The Morgan fingerprint density at radius 3 is 2.72 bits per heavy atom. The van der Waals surface area contributed by atoms with Crippen LogP contribution in [0.5, 0.6) is 0 Å². The van der Waals surface area contributed by atoms with Gasteiger partial charge < -0.3 is 5.32 Å². The van der Waals surface area contributed by atoms with Gasteiger partial charge in [-0.15, -0.1) is 0 Å². The number of nitrogens with one attached hydrogen (secondary N) is 1. The summed E-state index contributed by atoms with van der Waals surface area (Å²) in [7, 11) is -2.82. The zero-order chi connectivity index (χ0) is 13.2. The predicted molar refractivity (Wildman–Crippen MR) is 74.4 cm³/mol. The highest BCUT2D eigenvalue weighted by Crippen LogP contribution is 2.19. The fraction of sp³-hybridized carbons (Fsp3) is 0.571. The van der Waals surface area contributed by atoms with E-state index in [1.807, 2.05) is 0 Å². The second-order valence-electron chi connectivity index (χ2n) is 5.19. The van der Waals surface area contributed by atoms with E-state index < -0.39 is 9.84 Å². The number of benzene rings is 1. The molecule has 0 radical (unpaired) electrons. The van der Waals surface area contributed by atoms with Crippen LogP contribution in [0.15, 0.2) is 18.2 Å². The lowest BCUT2D eigenvalue weighted by Gasteiger charge is -2.12. The molecule has 1 fully saturated rings. The highest BCUT2D eigenvalue weighted by molar-refractivity contribution is 7.92. The van der Waals surface area contributed by atoms with Crippen molar-refractivity contribution in [2.75, 3.05) is 12.3 Å². The van der Waals surface area contributed by atoms with Gasteiger partial charge >= 0.3 is 0 Å². The Labute approximate surface area is 110 Å². The van der Waals surface area contributed by atoms with Crippen molar-refractivity contribution in [3.05, 3.63) is 34.9 Å². The molecule has 1 saturated heterocycles. The SMILES string of the molecule is Cc1ccc(CNCC2CCCS2(=O)=O)c(C)c1. The number of hydrogen-bond donors (Lipinski definition) is 1. The first-order chi connectivity index (χ1) is 8.49. The van der Waals surface area contributed by atoms with Crippen LogP contribution < -0.4 is 5.32 Å². The molecule has 4 heteroatoms. The van der Waals surface area contributed by atoms with E-state index in [0.29, 0.717) is 12.3 Å². The number of sulfone groups is 1. The lowest BCUT2D eigenvalue weighted by atomic mass is 10.1. The first kappa shape index (κ1) is 13.6. The third-order valence-electron chi connectivity index (χ3n) is 3.65. The molecule has 1 N–H and O–H groups in total. The van der Waals surface area contributed by atoms with Gasteiger partial charge in [-0.25, -0.2) is 8.42 Å². The van der Waals surface area contributed by atoms with Gasteiger partial charge in [-0.3, -0.25) is 0 Å². The van der Waals surface area contributed by atoms with Gasteiger partial charge in [0.25, 0.3) is 0 Å². The highest BCUT2D eigenvalue weighted by Gasteiger charge is 2.30. The van der Waals surface area contributed by atoms with Gasteiger partial charge in [0.05, 0.1) is 11.0 Å². The summed E-state index contributed by atoms with van der Waals surface area (Å²) in [6.07, 6.45) is 1.63. The number of rotatable bonds is 4. The molecule has 1 aliphatic heterocycles. The van der Waals surface area contributed by atoms with Crippen molar-refractivity contribution in [2.45, 2.75) is 38.5 Å². The Bertz CT molecular complexity index is 523. The van der Waals surface area contributed by atoms with E-state index in [1.54, 1.807) is 0 Å². The Kier molecular flexibility index (Phi) is 4.07. The second-order valence-corrected chi connectivity index (χ2v) is 7.59. The summed E-state index contributed by atoms with van der Waals surface area (Å²) < 4.78 is 23.4. The Hall–Kier alpha value is -0.870. The first-order valence-electron chi connectivity index (χ1n) is 6.47. The van der Waals surface area contributed by atoms with Gasteiger partial charge in [-0.05, 0) is 37.8 Å². The van der Waals surface area contributed by atoms with Crippen molar-refractivity contribution in [1.29, 1.82) is 0 Å². The molecule has 0 aromatic heterocycles. The van der Waals surface area contributed by atoms with Crippen LogP contribution in [-0.4, -0.2) is 26.0 Å². The monoisotopic (exact) mass is 267 g/mol. The molecule has 0 saturated carbocycles. The van der Waals surface area contributed by atoms with Crippen LogP contribution in [0.25, 0.3) is 0 Å². The molecule has 3 nitrogen and oxygen atoms in total. The van der Waals surface area contributed by atoms with E-state index in [0.717, 1.165) is 19.4 Å². The summed E-state index contributed by atoms with van der Waals surface area (Å²) in [5.41, 5.74) is 3.77. The van der Waals surface area contributed by atoms with Gasteiger partial charge in [-0.2, -0.15) is 0 Å².